The molecule has 28 heavy (non-hydrogen) atoms. The maximum atomic E-state index is 12.6. The normalized spacial score (nSPS) is 15.0. The number of halogens is 1. The summed E-state index contributed by atoms with van der Waals surface area (Å²) in [7, 11) is 0. The van der Waals surface area contributed by atoms with Crippen LogP contribution in [0.3, 0.4) is 0 Å². The van der Waals surface area contributed by atoms with Crippen molar-refractivity contribution in [1.82, 2.24) is 10.5 Å². The van der Waals surface area contributed by atoms with E-state index >= 15 is 0 Å². The largest absolute Gasteiger partial charge is 0.383 e. The zero-order valence-corrected chi connectivity index (χ0v) is 17.2. The number of nitrogens with one attached hydrogen (secondary N) is 2. The molecule has 0 atom stereocenters. The summed E-state index contributed by atoms with van der Waals surface area (Å²) in [6, 6.07) is 19.0. The summed E-state index contributed by atoms with van der Waals surface area (Å²) < 4.78 is 5.67. The predicted molar refractivity (Wildman–Crippen MR) is 119 cm³/mol. The number of hydrogen-bond donors (Lipinski definition) is 2. The van der Waals surface area contributed by atoms with Crippen LogP contribution >= 0.6 is 17.0 Å². The number of piperidine rings is 1. The Labute approximate surface area is 173 Å². The summed E-state index contributed by atoms with van der Waals surface area (Å²) in [6.45, 7) is 1.94. The van der Waals surface area contributed by atoms with Crippen molar-refractivity contribution in [3.05, 3.63) is 81.8 Å². The zero-order chi connectivity index (χ0) is 18.2. The summed E-state index contributed by atoms with van der Waals surface area (Å²) in [5.41, 5.74) is 1.88. The van der Waals surface area contributed by atoms with E-state index in [4.69, 9.17) is 4.52 Å². The summed E-state index contributed by atoms with van der Waals surface area (Å²) in [5.74, 6) is 1.15. The van der Waals surface area contributed by atoms with Gasteiger partial charge in [-0.1, -0.05) is 48.5 Å². The highest BCUT2D eigenvalue weighted by Gasteiger charge is 2.25. The van der Waals surface area contributed by atoms with Gasteiger partial charge in [0.25, 0.3) is 5.56 Å². The van der Waals surface area contributed by atoms with Crippen molar-refractivity contribution in [2.45, 2.75) is 25.2 Å². The van der Waals surface area contributed by atoms with Crippen LogP contribution in [0.15, 0.2) is 63.9 Å². The second-order valence-electron chi connectivity index (χ2n) is 7.37. The summed E-state index contributed by atoms with van der Waals surface area (Å²) >= 11 is 0. The first-order valence-electron chi connectivity index (χ1n) is 9.61. The van der Waals surface area contributed by atoms with Crippen LogP contribution in [0.5, 0.6) is 0 Å². The molecule has 5 rings (SSSR count). The van der Waals surface area contributed by atoms with E-state index in [-0.39, 0.29) is 22.5 Å². The van der Waals surface area contributed by atoms with Crippen LogP contribution in [0.2, 0.25) is 0 Å². The molecule has 1 aliphatic heterocycles. The highest BCUT2D eigenvalue weighted by Crippen LogP contribution is 2.33. The molecule has 1 aliphatic rings. The predicted octanol–water partition coefficient (Wildman–Crippen LogP) is 4.91. The molecule has 0 bridgehead atoms. The quantitative estimate of drug-likeness (QED) is 0.446. The molecule has 5 heteroatoms. The van der Waals surface area contributed by atoms with Gasteiger partial charge in [0.05, 0.1) is 5.56 Å². The van der Waals surface area contributed by atoms with E-state index in [0.717, 1.165) is 37.3 Å². The van der Waals surface area contributed by atoms with Gasteiger partial charge in [-0.05, 0) is 59.1 Å². The first kappa shape index (κ1) is 19.0. The van der Waals surface area contributed by atoms with Crippen molar-refractivity contribution in [3.63, 3.8) is 0 Å². The van der Waals surface area contributed by atoms with E-state index < -0.39 is 0 Å². The number of rotatable bonds is 3. The molecule has 4 aromatic rings. The highest BCUT2D eigenvalue weighted by atomic mass is 79.9. The summed E-state index contributed by atoms with van der Waals surface area (Å²) in [6.07, 6.45) is 2.60. The highest BCUT2D eigenvalue weighted by molar-refractivity contribution is 8.93. The fourth-order valence-corrected chi connectivity index (χ4v) is 4.39. The fourth-order valence-electron chi connectivity index (χ4n) is 4.39. The Hall–Kier alpha value is -2.37. The number of benzene rings is 3. The van der Waals surface area contributed by atoms with Gasteiger partial charge in [-0.3, -0.25) is 4.79 Å². The maximum Gasteiger partial charge on any atom is 0.283 e. The maximum absolute atomic E-state index is 12.6. The topological polar surface area (TPSA) is 58.0 Å². The smallest absolute Gasteiger partial charge is 0.283 e. The van der Waals surface area contributed by atoms with Gasteiger partial charge in [0, 0.05) is 12.3 Å². The third-order valence-corrected chi connectivity index (χ3v) is 5.77. The third-order valence-electron chi connectivity index (χ3n) is 5.77. The lowest BCUT2D eigenvalue weighted by Crippen LogP contribution is -2.27. The number of H-pyrrole nitrogens is 1. The molecule has 0 radical (unpaired) electrons. The average molecular weight is 439 g/mol. The number of aromatic nitrogens is 1. The molecule has 0 amide bonds. The second-order valence-corrected chi connectivity index (χ2v) is 7.37. The molecule has 0 spiro atoms. The first-order valence-corrected chi connectivity index (χ1v) is 9.61. The second kappa shape index (κ2) is 7.94. The van der Waals surface area contributed by atoms with Crippen molar-refractivity contribution in [2.24, 2.45) is 0 Å². The van der Waals surface area contributed by atoms with Gasteiger partial charge in [-0.25, -0.2) is 0 Å². The SMILES string of the molecule is Br.O=c1[nH]oc(C2CCNCC2)c1Cc1c2ccccc2cc2ccccc12. The molecule has 3 aromatic carbocycles. The fraction of sp³-hybridized carbons (Fsp3) is 0.261. The van der Waals surface area contributed by atoms with Gasteiger partial charge in [-0.2, -0.15) is 5.16 Å². The number of aromatic amines is 1. The Morgan fingerprint density at radius 2 is 1.50 bits per heavy atom. The van der Waals surface area contributed by atoms with Gasteiger partial charge in [-0.15, -0.1) is 17.0 Å². The Kier molecular flexibility index (Phi) is 5.38. The molecule has 1 aromatic heterocycles. The molecule has 2 heterocycles. The molecule has 0 saturated carbocycles. The minimum Gasteiger partial charge on any atom is -0.383 e. The lowest BCUT2D eigenvalue weighted by Gasteiger charge is -2.21. The molecule has 1 saturated heterocycles. The summed E-state index contributed by atoms with van der Waals surface area (Å²) in [5, 5.41) is 10.8. The van der Waals surface area contributed by atoms with Crippen LogP contribution in [-0.4, -0.2) is 18.2 Å². The van der Waals surface area contributed by atoms with Crippen molar-refractivity contribution < 1.29 is 4.52 Å². The van der Waals surface area contributed by atoms with Crippen molar-refractivity contribution in [1.29, 1.82) is 0 Å². The van der Waals surface area contributed by atoms with Crippen molar-refractivity contribution in [3.8, 4) is 0 Å². The average Bonchev–Trinajstić information content (AvgIpc) is 3.09. The number of hydrogen-bond acceptors (Lipinski definition) is 3. The molecular formula is C23H23BrN2O2. The van der Waals surface area contributed by atoms with E-state index in [2.05, 4.69) is 65.1 Å². The molecule has 0 unspecified atom stereocenters. The summed E-state index contributed by atoms with van der Waals surface area (Å²) in [4.78, 5) is 12.6. The van der Waals surface area contributed by atoms with Crippen molar-refractivity contribution >= 4 is 38.5 Å². The van der Waals surface area contributed by atoms with E-state index in [9.17, 15) is 4.79 Å². The van der Waals surface area contributed by atoms with Crippen LogP contribution in [0.4, 0.5) is 0 Å². The van der Waals surface area contributed by atoms with Crippen LogP contribution in [-0.2, 0) is 6.42 Å². The minimum atomic E-state index is -0.0967. The van der Waals surface area contributed by atoms with Crippen LogP contribution in [0, 0.1) is 0 Å². The van der Waals surface area contributed by atoms with Gasteiger partial charge in [0.2, 0.25) is 0 Å². The number of fused-ring (bicyclic) bond motifs is 2. The molecular weight excluding hydrogens is 416 g/mol. The Bertz CT molecular complexity index is 1120. The van der Waals surface area contributed by atoms with Gasteiger partial charge < -0.3 is 9.84 Å². The Morgan fingerprint density at radius 3 is 2.14 bits per heavy atom. The van der Waals surface area contributed by atoms with E-state index in [1.807, 2.05) is 0 Å². The Balaban J connectivity index is 0.00000192. The molecule has 4 nitrogen and oxygen atoms in total. The zero-order valence-electron chi connectivity index (χ0n) is 15.5. The standard InChI is InChI=1S/C23H22N2O2.BrH/c26-23-21(22(27-25-23)15-9-11-24-12-10-15)14-20-18-7-3-1-5-16(18)13-17-6-2-4-8-19(17)20;/h1-8,13,15,24H,9-12,14H2,(H,25,26);1H. The van der Waals surface area contributed by atoms with Gasteiger partial charge in [0.1, 0.15) is 5.76 Å². The molecule has 2 N–H and O–H groups in total. The van der Waals surface area contributed by atoms with E-state index in [1.54, 1.807) is 0 Å². The lowest BCUT2D eigenvalue weighted by atomic mass is 9.88. The Morgan fingerprint density at radius 1 is 0.893 bits per heavy atom. The van der Waals surface area contributed by atoms with Gasteiger partial charge in [0.15, 0.2) is 0 Å². The van der Waals surface area contributed by atoms with Crippen LogP contribution < -0.4 is 10.9 Å². The lowest BCUT2D eigenvalue weighted by molar-refractivity contribution is 0.324. The van der Waals surface area contributed by atoms with Crippen molar-refractivity contribution in [2.75, 3.05) is 13.1 Å². The minimum absolute atomic E-state index is 0. The van der Waals surface area contributed by atoms with Crippen LogP contribution in [0.1, 0.15) is 35.6 Å². The van der Waals surface area contributed by atoms with E-state index in [1.165, 1.54) is 27.1 Å². The van der Waals surface area contributed by atoms with Crippen LogP contribution in [0.25, 0.3) is 21.5 Å². The first-order chi connectivity index (χ1) is 13.3. The monoisotopic (exact) mass is 438 g/mol. The third kappa shape index (κ3) is 3.29. The van der Waals surface area contributed by atoms with Gasteiger partial charge >= 0.3 is 0 Å². The molecule has 1 fully saturated rings. The molecule has 0 aliphatic carbocycles. The molecule has 144 valence electrons. The van der Waals surface area contributed by atoms with E-state index in [0.29, 0.717) is 12.3 Å².